The summed E-state index contributed by atoms with van der Waals surface area (Å²) in [5.74, 6) is 0. The van der Waals surface area contributed by atoms with Gasteiger partial charge in [0.05, 0.1) is 26.7 Å². The van der Waals surface area contributed by atoms with Crippen LogP contribution in [0.3, 0.4) is 0 Å². The maximum atomic E-state index is 4.74. The third kappa shape index (κ3) is 6.71. The van der Waals surface area contributed by atoms with Gasteiger partial charge in [-0.05, 0) is 24.6 Å². The summed E-state index contributed by atoms with van der Waals surface area (Å²) in [7, 11) is 3.24. The Morgan fingerprint density at radius 2 is 1.73 bits per heavy atom. The predicted molar refractivity (Wildman–Crippen MR) is 46.1 cm³/mol. The van der Waals surface area contributed by atoms with Crippen molar-refractivity contribution in [3.8, 4) is 0 Å². The van der Waals surface area contributed by atoms with E-state index in [4.69, 9.17) is 9.47 Å². The fourth-order valence-corrected chi connectivity index (χ4v) is 0.501. The molecule has 0 rings (SSSR count). The van der Waals surface area contributed by atoms with Crippen molar-refractivity contribution in [1.82, 2.24) is 0 Å². The van der Waals surface area contributed by atoms with Gasteiger partial charge in [0.2, 0.25) is 0 Å². The smallest absolute Gasteiger partial charge is 0.0827 e. The average molecular weight is 154 g/mol. The molecule has 0 fully saturated rings. The zero-order chi connectivity index (χ0) is 8.53. The number of hydrogen-bond donors (Lipinski definition) is 0. The summed E-state index contributed by atoms with van der Waals surface area (Å²) < 4.78 is 9.46. The van der Waals surface area contributed by atoms with Gasteiger partial charge in [-0.1, -0.05) is 6.08 Å². The van der Waals surface area contributed by atoms with Gasteiger partial charge in [-0.2, -0.15) is 0 Å². The van der Waals surface area contributed by atoms with Crippen molar-refractivity contribution >= 4 is 0 Å². The lowest BCUT2D eigenvalue weighted by Gasteiger charge is -1.88. The molecule has 0 aromatic heterocycles. The molecule has 0 saturated heterocycles. The summed E-state index contributed by atoms with van der Waals surface area (Å²) in [4.78, 5) is 0. The Bertz CT molecular complexity index is 166. The molecular weight excluding hydrogens is 140 g/mol. The molecule has 11 heavy (non-hydrogen) atoms. The minimum atomic E-state index is 1.11. The summed E-state index contributed by atoms with van der Waals surface area (Å²) in [5, 5.41) is 0. The van der Waals surface area contributed by atoms with Crippen LogP contribution in [-0.2, 0) is 9.47 Å². The van der Waals surface area contributed by atoms with Crippen LogP contribution in [0.15, 0.2) is 36.3 Å². The molecule has 0 spiro atoms. The van der Waals surface area contributed by atoms with Gasteiger partial charge in [-0.15, -0.1) is 0 Å². The third-order valence-corrected chi connectivity index (χ3v) is 1.04. The normalized spacial score (nSPS) is 12.8. The minimum absolute atomic E-state index is 1.11. The Labute approximate surface area is 67.8 Å². The highest BCUT2D eigenvalue weighted by molar-refractivity contribution is 5.19. The summed E-state index contributed by atoms with van der Waals surface area (Å²) in [6.45, 7) is 1.98. The van der Waals surface area contributed by atoms with Gasteiger partial charge in [-0.3, -0.25) is 0 Å². The highest BCUT2D eigenvalue weighted by Crippen LogP contribution is 1.94. The van der Waals surface area contributed by atoms with Crippen LogP contribution in [0.1, 0.15) is 6.92 Å². The van der Waals surface area contributed by atoms with Crippen molar-refractivity contribution < 1.29 is 9.47 Å². The molecular formula is C9H14O2. The number of hydrogen-bond acceptors (Lipinski definition) is 2. The first kappa shape index (κ1) is 9.82. The number of ether oxygens (including phenoxy) is 2. The van der Waals surface area contributed by atoms with Crippen molar-refractivity contribution in [2.75, 3.05) is 14.2 Å². The highest BCUT2D eigenvalue weighted by Gasteiger charge is 1.76. The summed E-state index contributed by atoms with van der Waals surface area (Å²) in [5.41, 5.74) is 1.11. The SMILES string of the molecule is COC=CC=C(C)C=COC. The van der Waals surface area contributed by atoms with Crippen molar-refractivity contribution in [3.63, 3.8) is 0 Å². The van der Waals surface area contributed by atoms with E-state index in [1.165, 1.54) is 0 Å². The summed E-state index contributed by atoms with van der Waals surface area (Å²) in [6, 6.07) is 0. The molecule has 0 N–H and O–H groups in total. The Morgan fingerprint density at radius 3 is 2.27 bits per heavy atom. The van der Waals surface area contributed by atoms with Gasteiger partial charge in [0.15, 0.2) is 0 Å². The molecule has 0 aliphatic heterocycles. The Balaban J connectivity index is 3.80. The lowest BCUT2D eigenvalue weighted by atomic mass is 10.3. The number of rotatable bonds is 4. The molecule has 0 bridgehead atoms. The van der Waals surface area contributed by atoms with E-state index < -0.39 is 0 Å². The molecule has 0 heterocycles. The van der Waals surface area contributed by atoms with Crippen molar-refractivity contribution in [1.29, 1.82) is 0 Å². The lowest BCUT2D eigenvalue weighted by Crippen LogP contribution is -1.69. The number of methoxy groups -OCH3 is 2. The molecule has 0 saturated carbocycles. The predicted octanol–water partition coefficient (Wildman–Crippen LogP) is 2.25. The fourth-order valence-electron chi connectivity index (χ4n) is 0.501. The fraction of sp³-hybridized carbons (Fsp3) is 0.333. The van der Waals surface area contributed by atoms with Crippen LogP contribution in [0.5, 0.6) is 0 Å². The van der Waals surface area contributed by atoms with Gasteiger partial charge < -0.3 is 9.47 Å². The first-order valence-corrected chi connectivity index (χ1v) is 3.37. The van der Waals surface area contributed by atoms with Crippen LogP contribution in [-0.4, -0.2) is 14.2 Å². The monoisotopic (exact) mass is 154 g/mol. The van der Waals surface area contributed by atoms with Crippen LogP contribution in [0.25, 0.3) is 0 Å². The largest absolute Gasteiger partial charge is 0.504 e. The molecule has 62 valence electrons. The van der Waals surface area contributed by atoms with E-state index in [9.17, 15) is 0 Å². The van der Waals surface area contributed by atoms with E-state index >= 15 is 0 Å². The van der Waals surface area contributed by atoms with Gasteiger partial charge in [0, 0.05) is 0 Å². The maximum absolute atomic E-state index is 4.74. The van der Waals surface area contributed by atoms with Crippen LogP contribution in [0.2, 0.25) is 0 Å². The zero-order valence-corrected chi connectivity index (χ0v) is 7.20. The van der Waals surface area contributed by atoms with Crippen LogP contribution in [0.4, 0.5) is 0 Å². The van der Waals surface area contributed by atoms with E-state index in [0.717, 1.165) is 5.57 Å². The molecule has 0 amide bonds. The Morgan fingerprint density at radius 1 is 1.09 bits per heavy atom. The quantitative estimate of drug-likeness (QED) is 0.456. The van der Waals surface area contributed by atoms with Gasteiger partial charge in [0.25, 0.3) is 0 Å². The van der Waals surface area contributed by atoms with Crippen molar-refractivity contribution in [2.24, 2.45) is 0 Å². The first-order chi connectivity index (χ1) is 5.31. The number of allylic oxidation sites excluding steroid dienone is 4. The molecule has 0 unspecified atom stereocenters. The molecule has 2 heteroatoms. The van der Waals surface area contributed by atoms with Crippen LogP contribution in [0, 0.1) is 0 Å². The van der Waals surface area contributed by atoms with E-state index in [0.29, 0.717) is 0 Å². The first-order valence-electron chi connectivity index (χ1n) is 3.37. The van der Waals surface area contributed by atoms with Crippen LogP contribution >= 0.6 is 0 Å². The van der Waals surface area contributed by atoms with Crippen molar-refractivity contribution in [3.05, 3.63) is 36.3 Å². The standard InChI is InChI=1S/C9H14O2/c1-9(6-8-11-3)5-4-7-10-2/h4-8H,1-3H3. The summed E-state index contributed by atoms with van der Waals surface area (Å²) >= 11 is 0. The molecule has 0 aliphatic rings. The average Bonchev–Trinajstić information content (AvgIpc) is 2.01. The maximum Gasteiger partial charge on any atom is 0.0827 e. The molecule has 0 aromatic rings. The van der Waals surface area contributed by atoms with E-state index in [-0.39, 0.29) is 0 Å². The second-order valence-corrected chi connectivity index (χ2v) is 2.01. The lowest BCUT2D eigenvalue weighted by molar-refractivity contribution is 0.337. The Hall–Kier alpha value is -1.18. The van der Waals surface area contributed by atoms with Gasteiger partial charge >= 0.3 is 0 Å². The van der Waals surface area contributed by atoms with E-state index in [2.05, 4.69) is 0 Å². The molecule has 0 aromatic carbocycles. The molecule has 0 atom stereocenters. The highest BCUT2D eigenvalue weighted by atomic mass is 16.5. The molecule has 0 aliphatic carbocycles. The van der Waals surface area contributed by atoms with Crippen molar-refractivity contribution in [2.45, 2.75) is 6.92 Å². The minimum Gasteiger partial charge on any atom is -0.504 e. The topological polar surface area (TPSA) is 18.5 Å². The second kappa shape index (κ2) is 6.93. The third-order valence-electron chi connectivity index (χ3n) is 1.04. The van der Waals surface area contributed by atoms with E-state index in [1.807, 2.05) is 25.2 Å². The zero-order valence-electron chi connectivity index (χ0n) is 7.20. The summed E-state index contributed by atoms with van der Waals surface area (Å²) in [6.07, 6.45) is 8.88. The van der Waals surface area contributed by atoms with E-state index in [1.54, 1.807) is 26.7 Å². The van der Waals surface area contributed by atoms with Gasteiger partial charge in [-0.25, -0.2) is 0 Å². The molecule has 0 radical (unpaired) electrons. The van der Waals surface area contributed by atoms with Gasteiger partial charge in [0.1, 0.15) is 0 Å². The molecule has 2 nitrogen and oxygen atoms in total. The van der Waals surface area contributed by atoms with Crippen LogP contribution < -0.4 is 0 Å². The Kier molecular flexibility index (Phi) is 6.19. The second-order valence-electron chi connectivity index (χ2n) is 2.01.